The summed E-state index contributed by atoms with van der Waals surface area (Å²) in [6, 6.07) is 1.99. The van der Waals surface area contributed by atoms with E-state index in [1.165, 1.54) is 76.0 Å². The Kier molecular flexibility index (Phi) is 12.3. The van der Waals surface area contributed by atoms with Gasteiger partial charge in [0.05, 0.1) is 32.6 Å². The predicted molar refractivity (Wildman–Crippen MR) is 166 cm³/mol. The van der Waals surface area contributed by atoms with E-state index < -0.39 is 45.2 Å². The van der Waals surface area contributed by atoms with Gasteiger partial charge in [0.2, 0.25) is 0 Å². The van der Waals surface area contributed by atoms with Crippen molar-refractivity contribution >= 4 is 62.3 Å². The molecule has 1 fully saturated rings. The predicted octanol–water partition coefficient (Wildman–Crippen LogP) is 6.75. The first-order chi connectivity index (χ1) is 20.3. The van der Waals surface area contributed by atoms with E-state index in [-0.39, 0.29) is 26.9 Å². The van der Waals surface area contributed by atoms with E-state index in [0.29, 0.717) is 17.0 Å². The average Bonchev–Trinajstić information content (AvgIpc) is 3.45. The molecule has 1 aliphatic rings. The van der Waals surface area contributed by atoms with Crippen LogP contribution in [-0.4, -0.2) is 58.8 Å². The largest absolute Gasteiger partial charge is 0.433 e. The summed E-state index contributed by atoms with van der Waals surface area (Å²) in [6.45, 7) is 6.48. The van der Waals surface area contributed by atoms with Crippen molar-refractivity contribution in [2.24, 2.45) is 0 Å². The number of nitrogens with one attached hydrogen (secondary N) is 1. The smallest absolute Gasteiger partial charge is 0.418 e. The molecule has 43 heavy (non-hydrogen) atoms. The summed E-state index contributed by atoms with van der Waals surface area (Å²) >= 11 is 7.36. The fourth-order valence-corrected chi connectivity index (χ4v) is 7.21. The molecule has 1 aromatic heterocycles. The molecular weight excluding hydrogens is 614 g/mol. The molecule has 10 nitrogen and oxygen atoms in total. The summed E-state index contributed by atoms with van der Waals surface area (Å²) in [5.74, 6) is -2.71. The van der Waals surface area contributed by atoms with Gasteiger partial charge >= 0.3 is 6.09 Å². The minimum absolute atomic E-state index is 0.0130. The number of imide groups is 1. The van der Waals surface area contributed by atoms with E-state index in [4.69, 9.17) is 16.3 Å². The molecule has 0 saturated carbocycles. The topological polar surface area (TPSA) is 140 Å². The van der Waals surface area contributed by atoms with Gasteiger partial charge < -0.3 is 10.1 Å². The molecule has 1 saturated heterocycles. The number of halogens is 1. The van der Waals surface area contributed by atoms with Crippen molar-refractivity contribution in [3.05, 3.63) is 39.9 Å². The Bertz CT molecular complexity index is 1440. The molecule has 0 aliphatic carbocycles. The third-order valence-corrected chi connectivity index (χ3v) is 10.2. The summed E-state index contributed by atoms with van der Waals surface area (Å²) in [5, 5.41) is 3.83. The number of cyclic esters (lactones) is 1. The lowest BCUT2D eigenvalue weighted by atomic mass is 10.0. The Hall–Kier alpha value is -2.83. The summed E-state index contributed by atoms with van der Waals surface area (Å²) in [6.07, 6.45) is 9.71. The minimum atomic E-state index is -3.61. The van der Waals surface area contributed by atoms with Crippen molar-refractivity contribution in [1.82, 2.24) is 9.27 Å². The highest BCUT2D eigenvalue weighted by molar-refractivity contribution is 7.91. The first-order valence-corrected chi connectivity index (χ1v) is 17.5. The average molecular weight is 654 g/mol. The second-order valence-electron chi connectivity index (χ2n) is 11.3. The van der Waals surface area contributed by atoms with Crippen LogP contribution in [0, 0.1) is 6.92 Å². The number of ether oxygens (including phenoxy) is 1. The lowest BCUT2D eigenvalue weighted by Gasteiger charge is -2.23. The van der Waals surface area contributed by atoms with Crippen LogP contribution in [0.5, 0.6) is 0 Å². The number of rotatable bonds is 17. The fourth-order valence-electron chi connectivity index (χ4n) is 4.83. The number of hydrogen-bond acceptors (Lipinski definition) is 9. The molecule has 1 N–H and O–H groups in total. The Morgan fingerprint density at radius 1 is 1.05 bits per heavy atom. The lowest BCUT2D eigenvalue weighted by Crippen LogP contribution is -2.53. The third-order valence-electron chi connectivity index (χ3n) is 7.37. The summed E-state index contributed by atoms with van der Waals surface area (Å²) < 4.78 is 35.0. The molecule has 3 rings (SSSR count). The quantitative estimate of drug-likeness (QED) is 0.112. The zero-order valence-electron chi connectivity index (χ0n) is 25.1. The Morgan fingerprint density at radius 3 is 2.16 bits per heavy atom. The van der Waals surface area contributed by atoms with E-state index in [1.54, 1.807) is 6.92 Å². The van der Waals surface area contributed by atoms with Crippen LogP contribution >= 0.6 is 23.1 Å². The van der Waals surface area contributed by atoms with E-state index in [9.17, 15) is 27.6 Å². The number of nitrogens with zero attached hydrogens (tertiary/aromatic N) is 2. The van der Waals surface area contributed by atoms with E-state index in [0.717, 1.165) is 30.8 Å². The molecule has 0 radical (unpaired) electrons. The number of aromatic nitrogens is 1. The van der Waals surface area contributed by atoms with Crippen molar-refractivity contribution in [2.75, 3.05) is 11.1 Å². The SMILES string of the molecule is CCCCCCCCCCCCS(=O)(=O)c1ccc(NC(=O)C(C(=O)c2csnc2C)N2C(=O)OC(C)(C)C2=O)c(Cl)c1. The first kappa shape index (κ1) is 34.7. The van der Waals surface area contributed by atoms with Crippen molar-refractivity contribution in [1.29, 1.82) is 0 Å². The zero-order chi connectivity index (χ0) is 31.8. The number of benzene rings is 1. The van der Waals surface area contributed by atoms with Crippen LogP contribution in [0.25, 0.3) is 0 Å². The number of carbonyl (C=O) groups is 4. The molecule has 13 heteroatoms. The number of unbranched alkanes of at least 4 members (excludes halogenated alkanes) is 9. The van der Waals surface area contributed by atoms with Gasteiger partial charge in [0, 0.05) is 5.38 Å². The molecule has 1 aliphatic heterocycles. The van der Waals surface area contributed by atoms with Gasteiger partial charge in [0.1, 0.15) is 0 Å². The number of Topliss-reactive ketones (excluding diaryl/α,β-unsaturated/α-hetero) is 1. The first-order valence-electron chi connectivity index (χ1n) is 14.6. The van der Waals surface area contributed by atoms with Crippen LogP contribution in [0.4, 0.5) is 10.5 Å². The third kappa shape index (κ3) is 8.86. The van der Waals surface area contributed by atoms with Crippen LogP contribution in [0.2, 0.25) is 5.02 Å². The second kappa shape index (κ2) is 15.3. The molecule has 1 unspecified atom stereocenters. The number of aryl methyl sites for hydroxylation is 1. The number of sulfone groups is 1. The van der Waals surface area contributed by atoms with Gasteiger partial charge in [-0.15, -0.1) is 0 Å². The Labute approximate surface area is 262 Å². The molecule has 236 valence electrons. The van der Waals surface area contributed by atoms with Crippen molar-refractivity contribution in [3.63, 3.8) is 0 Å². The number of ketones is 1. The van der Waals surface area contributed by atoms with Gasteiger partial charge in [-0.05, 0) is 56.9 Å². The maximum absolute atomic E-state index is 13.5. The molecule has 1 atom stereocenters. The molecule has 2 aromatic rings. The van der Waals surface area contributed by atoms with Crippen LogP contribution < -0.4 is 5.32 Å². The van der Waals surface area contributed by atoms with Crippen molar-refractivity contribution < 1.29 is 32.3 Å². The van der Waals surface area contributed by atoms with Crippen LogP contribution in [0.15, 0.2) is 28.5 Å². The van der Waals surface area contributed by atoms with Gasteiger partial charge in [-0.1, -0.05) is 76.3 Å². The van der Waals surface area contributed by atoms with Crippen LogP contribution in [0.3, 0.4) is 0 Å². The molecule has 2 heterocycles. The van der Waals surface area contributed by atoms with Crippen molar-refractivity contribution in [2.45, 2.75) is 108 Å². The Morgan fingerprint density at radius 2 is 1.65 bits per heavy atom. The van der Waals surface area contributed by atoms with E-state index >= 15 is 0 Å². The Balaban J connectivity index is 1.66. The highest BCUT2D eigenvalue weighted by Gasteiger charge is 2.54. The van der Waals surface area contributed by atoms with Gasteiger partial charge in [0.15, 0.2) is 27.3 Å². The normalized spacial score (nSPS) is 15.4. The number of anilines is 1. The minimum Gasteiger partial charge on any atom is -0.433 e. The van der Waals surface area contributed by atoms with Gasteiger partial charge in [-0.2, -0.15) is 4.37 Å². The van der Waals surface area contributed by atoms with Crippen LogP contribution in [-0.2, 0) is 24.2 Å². The molecular formula is C30H40ClN3O7S2. The molecule has 1 aromatic carbocycles. The van der Waals surface area contributed by atoms with Gasteiger partial charge in [-0.3, -0.25) is 14.4 Å². The summed E-state index contributed by atoms with van der Waals surface area (Å²) in [4.78, 5) is 53.0. The van der Waals surface area contributed by atoms with E-state index in [1.807, 2.05) is 0 Å². The second-order valence-corrected chi connectivity index (χ2v) is 14.4. The molecule has 0 bridgehead atoms. The van der Waals surface area contributed by atoms with Crippen molar-refractivity contribution in [3.8, 4) is 0 Å². The van der Waals surface area contributed by atoms with Gasteiger partial charge in [0.25, 0.3) is 11.8 Å². The molecule has 3 amide bonds. The van der Waals surface area contributed by atoms with Crippen LogP contribution in [0.1, 0.15) is 101 Å². The van der Waals surface area contributed by atoms with E-state index in [2.05, 4.69) is 16.6 Å². The standard InChI is InChI=1S/C30H40ClN3O7S2/c1-5-6-7-8-9-10-11-12-13-14-17-43(39,40)21-15-16-24(23(31)18-21)32-27(36)25(26(35)22-19-42-33-20(22)2)34-28(37)30(3,4)41-29(34)38/h15-16,18-19,25H,5-14,17H2,1-4H3,(H,32,36). The number of carbonyl (C=O) groups excluding carboxylic acids is 4. The molecule has 0 spiro atoms. The highest BCUT2D eigenvalue weighted by Crippen LogP contribution is 2.30. The highest BCUT2D eigenvalue weighted by atomic mass is 35.5. The fraction of sp³-hybridized carbons (Fsp3) is 0.567. The summed E-state index contributed by atoms with van der Waals surface area (Å²) in [7, 11) is -3.61. The summed E-state index contributed by atoms with van der Waals surface area (Å²) in [5.41, 5.74) is -1.14. The monoisotopic (exact) mass is 653 g/mol. The zero-order valence-corrected chi connectivity index (χ0v) is 27.5. The number of hydrogen-bond donors (Lipinski definition) is 1. The van der Waals surface area contributed by atoms with Gasteiger partial charge in [-0.25, -0.2) is 18.1 Å². The maximum Gasteiger partial charge on any atom is 0.418 e. The maximum atomic E-state index is 13.5. The number of amides is 3. The lowest BCUT2D eigenvalue weighted by molar-refractivity contribution is -0.137.